The quantitative estimate of drug-likeness (QED) is 0.270. The summed E-state index contributed by atoms with van der Waals surface area (Å²) in [6.07, 6.45) is 0. The molecule has 0 heterocycles. The third-order valence-electron chi connectivity index (χ3n) is 0.151. The van der Waals surface area contributed by atoms with Crippen LogP contribution in [0.15, 0.2) is 0 Å². The number of hydrogen-bond acceptors (Lipinski definition) is 2. The summed E-state index contributed by atoms with van der Waals surface area (Å²) >= 11 is 15.5. The van der Waals surface area contributed by atoms with Crippen molar-refractivity contribution in [1.82, 2.24) is 5.32 Å². The maximum atomic E-state index is 6.18. The third-order valence-corrected chi connectivity index (χ3v) is 0.454. The molecule has 0 fully saturated rings. The van der Waals surface area contributed by atoms with Gasteiger partial charge < -0.3 is 11.1 Å². The van der Waals surface area contributed by atoms with Gasteiger partial charge in [0.05, 0.1) is 0 Å². The average Bonchev–Trinajstić information content (AvgIpc) is 1.65. The molecule has 10 heavy (non-hydrogen) atoms. The second-order valence-electron chi connectivity index (χ2n) is 0.787. The zero-order valence-electron chi connectivity index (χ0n) is 5.13. The van der Waals surface area contributed by atoms with Crippen molar-refractivity contribution < 1.29 is 19.5 Å². The van der Waals surface area contributed by atoms with Gasteiger partial charge in [-0.2, -0.15) is 12.6 Å². The van der Waals surface area contributed by atoms with E-state index < -0.39 is 0 Å². The predicted octanol–water partition coefficient (Wildman–Crippen LogP) is 1.83. The van der Waals surface area contributed by atoms with Crippen LogP contribution < -0.4 is 5.32 Å². The Labute approximate surface area is 95.3 Å². The molecule has 0 aromatic carbocycles. The van der Waals surface area contributed by atoms with Crippen LogP contribution >= 0.6 is 49.7 Å². The number of thiocarbonyl (C=S) groups is 2. The molecule has 0 saturated carbocycles. The monoisotopic (exact) mass is 262 g/mol. The Morgan fingerprint density at radius 3 is 1.50 bits per heavy atom. The summed E-state index contributed by atoms with van der Waals surface area (Å²) in [5.74, 6) is 0. The van der Waals surface area contributed by atoms with E-state index in [9.17, 15) is 0 Å². The van der Waals surface area contributed by atoms with Gasteiger partial charge in [0.2, 0.25) is 0 Å². The number of hydrogen-bond donors (Lipinski definition) is 3. The molecule has 0 saturated heterocycles. The second-order valence-corrected chi connectivity index (χ2v) is 3.10. The summed E-state index contributed by atoms with van der Waals surface area (Å²) in [6, 6.07) is 0. The standard InChI is InChI=1S/C2H4NS2.CH3NS2.Zn/c1-3-2(4)5;2-1(3)4;/h1H2,(H2,3,4,5);(H3,2,3,4);/q-1;;+2/p-1. The SMILES string of the molecule is [CH2-]NC(=S)S.[NH-]C(=S)S.[Zn+2]. The van der Waals surface area contributed by atoms with Crippen molar-refractivity contribution in [1.29, 1.82) is 0 Å². The maximum absolute atomic E-state index is 6.18. The Morgan fingerprint density at radius 2 is 1.50 bits per heavy atom. The molecule has 0 bridgehead atoms. The smallest absolute Gasteiger partial charge is 0.684 e. The molecule has 54 valence electrons. The molecule has 0 aliphatic heterocycles. The average molecular weight is 264 g/mol. The summed E-state index contributed by atoms with van der Waals surface area (Å²) in [4.78, 5) is 0. The van der Waals surface area contributed by atoms with Crippen LogP contribution in [0.4, 0.5) is 0 Å². The van der Waals surface area contributed by atoms with E-state index in [0.717, 1.165) is 0 Å². The maximum Gasteiger partial charge on any atom is 2.00 e. The first-order chi connectivity index (χ1) is 4.00. The van der Waals surface area contributed by atoms with Crippen molar-refractivity contribution in [2.45, 2.75) is 0 Å². The number of rotatable bonds is 0. The first kappa shape index (κ1) is 17.3. The van der Waals surface area contributed by atoms with Crippen molar-refractivity contribution >= 4 is 58.3 Å². The van der Waals surface area contributed by atoms with Crippen molar-refractivity contribution in [2.24, 2.45) is 0 Å². The van der Waals surface area contributed by atoms with Crippen molar-refractivity contribution in [3.63, 3.8) is 0 Å². The van der Waals surface area contributed by atoms with E-state index in [4.69, 9.17) is 5.73 Å². The summed E-state index contributed by atoms with van der Waals surface area (Å²) in [6.45, 7) is 0. The Bertz CT molecular complexity index is 103. The number of nitrogens with one attached hydrogen (secondary N) is 2. The molecule has 2 nitrogen and oxygen atoms in total. The molecule has 0 aliphatic carbocycles. The molecule has 0 amide bonds. The zero-order valence-corrected chi connectivity index (χ0v) is 11.5. The molecular formula is C3H6N2S4Zn. The minimum Gasteiger partial charge on any atom is -0.684 e. The largest absolute Gasteiger partial charge is 2.00 e. The fourth-order valence-corrected chi connectivity index (χ4v) is 0. The van der Waals surface area contributed by atoms with Crippen molar-refractivity contribution in [2.75, 3.05) is 0 Å². The number of thiol groups is 2. The van der Waals surface area contributed by atoms with E-state index >= 15 is 0 Å². The fourth-order valence-electron chi connectivity index (χ4n) is 0. The topological polar surface area (TPSA) is 35.8 Å². The van der Waals surface area contributed by atoms with E-state index in [1.807, 2.05) is 0 Å². The molecule has 7 heteroatoms. The van der Waals surface area contributed by atoms with E-state index in [0.29, 0.717) is 4.32 Å². The van der Waals surface area contributed by atoms with E-state index in [-0.39, 0.29) is 23.8 Å². The van der Waals surface area contributed by atoms with Gasteiger partial charge in [-0.25, -0.2) is 0 Å². The van der Waals surface area contributed by atoms with E-state index in [1.165, 1.54) is 0 Å². The van der Waals surface area contributed by atoms with Crippen molar-refractivity contribution in [3.05, 3.63) is 12.8 Å². The van der Waals surface area contributed by atoms with Crippen LogP contribution in [0, 0.1) is 7.05 Å². The van der Waals surface area contributed by atoms with Gasteiger partial charge in [-0.1, -0.05) is 24.4 Å². The molecule has 0 atom stereocenters. The predicted molar refractivity (Wildman–Crippen MR) is 56.0 cm³/mol. The normalized spacial score (nSPS) is 5.90. The van der Waals surface area contributed by atoms with Crippen LogP contribution in [0.5, 0.6) is 0 Å². The van der Waals surface area contributed by atoms with Gasteiger partial charge in [0.25, 0.3) is 0 Å². The van der Waals surface area contributed by atoms with Gasteiger partial charge in [-0.3, -0.25) is 7.05 Å². The molecule has 0 aliphatic rings. The molecule has 0 aromatic rings. The van der Waals surface area contributed by atoms with Crippen LogP contribution in [-0.2, 0) is 19.5 Å². The van der Waals surface area contributed by atoms with E-state index in [2.05, 4.69) is 62.1 Å². The van der Waals surface area contributed by atoms with Crippen LogP contribution in [0.3, 0.4) is 0 Å². The summed E-state index contributed by atoms with van der Waals surface area (Å²) in [7, 11) is 3.22. The molecule has 2 N–H and O–H groups in total. The van der Waals surface area contributed by atoms with Gasteiger partial charge in [-0.15, -0.1) is 12.6 Å². The molecular weight excluding hydrogens is 258 g/mol. The summed E-state index contributed by atoms with van der Waals surface area (Å²) in [5.41, 5.74) is 6.18. The fraction of sp³-hybridized carbons (Fsp3) is 0. The van der Waals surface area contributed by atoms with Gasteiger partial charge in [-0.05, 0) is 4.32 Å². The van der Waals surface area contributed by atoms with Gasteiger partial charge in [0, 0.05) is 0 Å². The minimum atomic E-state index is -0.0556. The minimum absolute atomic E-state index is 0. The Hall–Kier alpha value is 1.10. The zero-order chi connectivity index (χ0) is 7.86. The van der Waals surface area contributed by atoms with Gasteiger partial charge in [0.1, 0.15) is 4.32 Å². The summed E-state index contributed by atoms with van der Waals surface area (Å²) < 4.78 is 0.366. The van der Waals surface area contributed by atoms with Gasteiger partial charge in [0.15, 0.2) is 0 Å². The molecule has 0 unspecified atom stereocenters. The third kappa shape index (κ3) is 62.1. The molecule has 0 radical (unpaired) electrons. The Morgan fingerprint density at radius 1 is 1.40 bits per heavy atom. The van der Waals surface area contributed by atoms with Crippen LogP contribution in [0.2, 0.25) is 0 Å². The van der Waals surface area contributed by atoms with Crippen molar-refractivity contribution in [3.8, 4) is 0 Å². The van der Waals surface area contributed by atoms with Crippen LogP contribution in [0.1, 0.15) is 0 Å². The van der Waals surface area contributed by atoms with Gasteiger partial charge >= 0.3 is 19.5 Å². The molecule has 0 aromatic heterocycles. The first-order valence-electron chi connectivity index (χ1n) is 1.71. The molecule has 0 spiro atoms. The second kappa shape index (κ2) is 12.8. The summed E-state index contributed by atoms with van der Waals surface area (Å²) in [5, 5.41) is 2.37. The van der Waals surface area contributed by atoms with E-state index in [1.54, 1.807) is 0 Å². The molecule has 0 rings (SSSR count). The Balaban J connectivity index is -0.0000000910. The first-order valence-corrected chi connectivity index (χ1v) is 3.42. The Kier molecular flexibility index (Phi) is 22.0. The van der Waals surface area contributed by atoms with Crippen LogP contribution in [-0.4, -0.2) is 8.64 Å². The van der Waals surface area contributed by atoms with Crippen LogP contribution in [0.25, 0.3) is 5.73 Å².